The van der Waals surface area contributed by atoms with Gasteiger partial charge in [0.05, 0.1) is 5.56 Å². The van der Waals surface area contributed by atoms with E-state index in [0.717, 1.165) is 24.8 Å². The third-order valence-corrected chi connectivity index (χ3v) is 3.99. The van der Waals surface area contributed by atoms with Crippen LogP contribution in [0.25, 0.3) is 0 Å². The van der Waals surface area contributed by atoms with Crippen molar-refractivity contribution in [3.8, 4) is 0 Å². The van der Waals surface area contributed by atoms with Gasteiger partial charge < -0.3 is 10.4 Å². The van der Waals surface area contributed by atoms with Crippen LogP contribution in [0.2, 0.25) is 0 Å². The van der Waals surface area contributed by atoms with Gasteiger partial charge in [0, 0.05) is 22.0 Å². The molecule has 0 aliphatic carbocycles. The molecule has 1 aromatic carbocycles. The van der Waals surface area contributed by atoms with Gasteiger partial charge in [0.25, 0.3) is 0 Å². The number of aliphatic carboxylic acids is 1. The molecule has 116 valence electrons. The molecule has 9 heteroatoms. The number of amides is 1. The average Bonchev–Trinajstić information content (AvgIpc) is 2.33. The number of rotatable bonds is 5. The minimum absolute atomic E-state index is 0.0951. The van der Waals surface area contributed by atoms with Gasteiger partial charge in [-0.1, -0.05) is 15.9 Å². The van der Waals surface area contributed by atoms with Crippen LogP contribution in [0.5, 0.6) is 0 Å². The van der Waals surface area contributed by atoms with E-state index in [1.54, 1.807) is 0 Å². The summed E-state index contributed by atoms with van der Waals surface area (Å²) in [4.78, 5) is 21.7. The standard InChI is InChI=1S/C12H11BrF3NO3S/c1-6(18)17-9(11(19)20)5-21-10-3-2-7(13)4-8(10)12(14,15)16/h2-4,9H,5H2,1H3,(H,17,18)(H,19,20)/t9-/m0/s1. The Morgan fingerprint density at radius 3 is 2.52 bits per heavy atom. The Hall–Kier alpha value is -1.22. The molecule has 4 nitrogen and oxygen atoms in total. The number of carbonyl (C=O) groups is 2. The van der Waals surface area contributed by atoms with Gasteiger partial charge >= 0.3 is 12.1 Å². The fourth-order valence-electron chi connectivity index (χ4n) is 1.44. The zero-order valence-electron chi connectivity index (χ0n) is 10.7. The Balaban J connectivity index is 2.92. The molecule has 0 aromatic heterocycles. The van der Waals surface area contributed by atoms with E-state index in [1.807, 2.05) is 0 Å². The zero-order valence-corrected chi connectivity index (χ0v) is 13.1. The number of nitrogens with one attached hydrogen (secondary N) is 1. The summed E-state index contributed by atoms with van der Waals surface area (Å²) in [6.07, 6.45) is -4.54. The highest BCUT2D eigenvalue weighted by Gasteiger charge is 2.34. The maximum absolute atomic E-state index is 12.9. The van der Waals surface area contributed by atoms with Crippen molar-refractivity contribution >= 4 is 39.6 Å². The molecule has 1 amide bonds. The Morgan fingerprint density at radius 1 is 1.43 bits per heavy atom. The summed E-state index contributed by atoms with van der Waals surface area (Å²) in [6, 6.07) is 2.37. The van der Waals surface area contributed by atoms with E-state index in [-0.39, 0.29) is 15.1 Å². The number of alkyl halides is 3. The smallest absolute Gasteiger partial charge is 0.417 e. The van der Waals surface area contributed by atoms with Crippen LogP contribution < -0.4 is 5.32 Å². The second kappa shape index (κ2) is 7.17. The molecule has 0 radical (unpaired) electrons. The van der Waals surface area contributed by atoms with E-state index < -0.39 is 29.7 Å². The number of benzene rings is 1. The second-order valence-electron chi connectivity index (χ2n) is 4.04. The molecule has 0 spiro atoms. The van der Waals surface area contributed by atoms with Crippen molar-refractivity contribution in [2.24, 2.45) is 0 Å². The molecule has 0 saturated carbocycles. The molecule has 0 heterocycles. The monoisotopic (exact) mass is 385 g/mol. The molecule has 0 aliphatic rings. The van der Waals surface area contributed by atoms with E-state index in [9.17, 15) is 22.8 Å². The lowest BCUT2D eigenvalue weighted by Crippen LogP contribution is -2.41. The van der Waals surface area contributed by atoms with Gasteiger partial charge in [0.2, 0.25) is 5.91 Å². The molecular weight excluding hydrogens is 375 g/mol. The summed E-state index contributed by atoms with van der Waals surface area (Å²) >= 11 is 3.69. The number of hydrogen-bond donors (Lipinski definition) is 2. The quantitative estimate of drug-likeness (QED) is 0.764. The van der Waals surface area contributed by atoms with Crippen molar-refractivity contribution in [1.82, 2.24) is 5.32 Å². The maximum atomic E-state index is 12.9. The van der Waals surface area contributed by atoms with Crippen LogP contribution in [0, 0.1) is 0 Å². The summed E-state index contributed by atoms with van der Waals surface area (Å²) in [6.45, 7) is 1.14. The van der Waals surface area contributed by atoms with E-state index in [4.69, 9.17) is 5.11 Å². The highest BCUT2D eigenvalue weighted by Crippen LogP contribution is 2.38. The number of halogens is 4. The number of carboxylic acids is 1. The van der Waals surface area contributed by atoms with Crippen molar-refractivity contribution in [3.63, 3.8) is 0 Å². The topological polar surface area (TPSA) is 66.4 Å². The highest BCUT2D eigenvalue weighted by molar-refractivity contribution is 9.10. The largest absolute Gasteiger partial charge is 0.480 e. The number of thioether (sulfide) groups is 1. The number of carboxylic acid groups (broad SMARTS) is 1. The molecule has 0 saturated heterocycles. The van der Waals surface area contributed by atoms with E-state index >= 15 is 0 Å². The van der Waals surface area contributed by atoms with Crippen molar-refractivity contribution in [2.45, 2.75) is 24.0 Å². The lowest BCUT2D eigenvalue weighted by molar-refractivity contribution is -0.140. The van der Waals surface area contributed by atoms with Crippen LogP contribution in [-0.4, -0.2) is 28.8 Å². The molecule has 1 atom stereocenters. The molecule has 1 rings (SSSR count). The van der Waals surface area contributed by atoms with Crippen LogP contribution >= 0.6 is 27.7 Å². The minimum Gasteiger partial charge on any atom is -0.480 e. The lowest BCUT2D eigenvalue weighted by atomic mass is 10.2. The van der Waals surface area contributed by atoms with Gasteiger partial charge in [-0.15, -0.1) is 11.8 Å². The SMILES string of the molecule is CC(=O)N[C@@H](CSc1ccc(Br)cc1C(F)(F)F)C(=O)O. The Kier molecular flexibility index (Phi) is 6.09. The third-order valence-electron chi connectivity index (χ3n) is 2.33. The normalized spacial score (nSPS) is 12.8. The Labute approximate surface area is 131 Å². The first-order valence-corrected chi connectivity index (χ1v) is 7.38. The Morgan fingerprint density at radius 2 is 2.05 bits per heavy atom. The third kappa shape index (κ3) is 5.58. The van der Waals surface area contributed by atoms with Gasteiger partial charge in [-0.05, 0) is 18.2 Å². The summed E-state index contributed by atoms with van der Waals surface area (Å²) < 4.78 is 39.0. The van der Waals surface area contributed by atoms with Gasteiger partial charge in [0.1, 0.15) is 6.04 Å². The van der Waals surface area contributed by atoms with Crippen LogP contribution in [-0.2, 0) is 15.8 Å². The van der Waals surface area contributed by atoms with Crippen LogP contribution in [0.15, 0.2) is 27.6 Å². The molecule has 21 heavy (non-hydrogen) atoms. The fraction of sp³-hybridized carbons (Fsp3) is 0.333. The molecule has 0 aliphatic heterocycles. The van der Waals surface area contributed by atoms with Gasteiger partial charge in [-0.2, -0.15) is 13.2 Å². The summed E-state index contributed by atoms with van der Waals surface area (Å²) in [5.41, 5.74) is -0.853. The summed E-state index contributed by atoms with van der Waals surface area (Å²) in [5.74, 6) is -2.07. The lowest BCUT2D eigenvalue weighted by Gasteiger charge is -2.16. The Bertz CT molecular complexity index is 551. The van der Waals surface area contributed by atoms with Crippen molar-refractivity contribution in [2.75, 3.05) is 5.75 Å². The van der Waals surface area contributed by atoms with Crippen LogP contribution in [0.3, 0.4) is 0 Å². The summed E-state index contributed by atoms with van der Waals surface area (Å²) in [7, 11) is 0. The zero-order chi connectivity index (χ0) is 16.2. The molecule has 1 aromatic rings. The van der Waals surface area contributed by atoms with Gasteiger partial charge in [-0.3, -0.25) is 4.79 Å². The number of carbonyl (C=O) groups excluding carboxylic acids is 1. The van der Waals surface area contributed by atoms with Crippen molar-refractivity contribution in [1.29, 1.82) is 0 Å². The van der Waals surface area contributed by atoms with E-state index in [1.165, 1.54) is 12.1 Å². The van der Waals surface area contributed by atoms with Crippen LogP contribution in [0.1, 0.15) is 12.5 Å². The first-order chi connectivity index (χ1) is 9.61. The molecular formula is C12H11BrF3NO3S. The highest BCUT2D eigenvalue weighted by atomic mass is 79.9. The van der Waals surface area contributed by atoms with E-state index in [2.05, 4.69) is 21.2 Å². The number of hydrogen-bond acceptors (Lipinski definition) is 3. The average molecular weight is 386 g/mol. The van der Waals surface area contributed by atoms with Crippen LogP contribution in [0.4, 0.5) is 13.2 Å². The maximum Gasteiger partial charge on any atom is 0.417 e. The molecule has 0 fully saturated rings. The van der Waals surface area contributed by atoms with Crippen molar-refractivity contribution < 1.29 is 27.9 Å². The second-order valence-corrected chi connectivity index (χ2v) is 6.02. The first kappa shape index (κ1) is 17.8. The molecule has 2 N–H and O–H groups in total. The molecule has 0 bridgehead atoms. The minimum atomic E-state index is -4.54. The van der Waals surface area contributed by atoms with Gasteiger partial charge in [-0.25, -0.2) is 4.79 Å². The first-order valence-electron chi connectivity index (χ1n) is 5.60. The predicted molar refractivity (Wildman–Crippen MR) is 75.1 cm³/mol. The van der Waals surface area contributed by atoms with Gasteiger partial charge in [0.15, 0.2) is 0 Å². The summed E-state index contributed by atoms with van der Waals surface area (Å²) in [5, 5.41) is 11.1. The molecule has 0 unspecified atom stereocenters. The fourth-order valence-corrected chi connectivity index (χ4v) is 2.87. The predicted octanol–water partition coefficient (Wildman–Crippen LogP) is 3.15. The van der Waals surface area contributed by atoms with Crippen molar-refractivity contribution in [3.05, 3.63) is 28.2 Å². The van der Waals surface area contributed by atoms with E-state index in [0.29, 0.717) is 0 Å².